The standard InChI is InChI=1S/C23H24F3NO6S2/c1-22(2,3)11-10-16-8-9-17(14-19(16)33-13-12-23(24,25)26)18(28)15-34(29,30)20-6-4-5-7-21(20)35(27,31)32/h4-9,14H,12-13,15H2,1-3H3,(H2,27,31,32). The minimum Gasteiger partial charge on any atom is -0.492 e. The summed E-state index contributed by atoms with van der Waals surface area (Å²) in [5.74, 6) is 3.57. The van der Waals surface area contributed by atoms with Crippen molar-refractivity contribution in [3.05, 3.63) is 53.6 Å². The van der Waals surface area contributed by atoms with Gasteiger partial charge in [-0.2, -0.15) is 13.2 Å². The summed E-state index contributed by atoms with van der Waals surface area (Å²) in [7, 11) is -8.82. The fourth-order valence-electron chi connectivity index (χ4n) is 2.73. The average molecular weight is 532 g/mol. The summed E-state index contributed by atoms with van der Waals surface area (Å²) >= 11 is 0. The van der Waals surface area contributed by atoms with Crippen LogP contribution >= 0.6 is 0 Å². The maximum absolute atomic E-state index is 12.8. The highest BCUT2D eigenvalue weighted by Gasteiger charge is 2.28. The van der Waals surface area contributed by atoms with Crippen molar-refractivity contribution < 1.29 is 39.5 Å². The SMILES string of the molecule is CC(C)(C)C#Cc1ccc(C(=O)CS(=O)(=O)c2ccccc2S(N)(=O)=O)cc1OCCC(F)(F)F. The van der Waals surface area contributed by atoms with Crippen molar-refractivity contribution in [3.8, 4) is 17.6 Å². The van der Waals surface area contributed by atoms with Gasteiger partial charge in [0.1, 0.15) is 16.4 Å². The molecular weight excluding hydrogens is 507 g/mol. The van der Waals surface area contributed by atoms with E-state index in [1.54, 1.807) is 0 Å². The maximum Gasteiger partial charge on any atom is 0.392 e. The highest BCUT2D eigenvalue weighted by Crippen LogP contribution is 2.26. The number of hydrogen-bond donors (Lipinski definition) is 1. The summed E-state index contributed by atoms with van der Waals surface area (Å²) in [5.41, 5.74) is -0.367. The third-order valence-electron chi connectivity index (χ3n) is 4.33. The van der Waals surface area contributed by atoms with E-state index in [0.717, 1.165) is 18.2 Å². The smallest absolute Gasteiger partial charge is 0.392 e. The lowest BCUT2D eigenvalue weighted by Gasteiger charge is -2.13. The lowest BCUT2D eigenvalue weighted by Crippen LogP contribution is -2.21. The van der Waals surface area contributed by atoms with Gasteiger partial charge in [0.15, 0.2) is 15.6 Å². The predicted molar refractivity (Wildman–Crippen MR) is 123 cm³/mol. The van der Waals surface area contributed by atoms with Crippen LogP contribution in [0, 0.1) is 17.3 Å². The molecule has 0 amide bonds. The average Bonchev–Trinajstić information content (AvgIpc) is 2.70. The van der Waals surface area contributed by atoms with E-state index in [-0.39, 0.29) is 16.9 Å². The fraction of sp³-hybridized carbons (Fsp3) is 0.348. The van der Waals surface area contributed by atoms with Crippen LogP contribution in [0.15, 0.2) is 52.3 Å². The van der Waals surface area contributed by atoms with Crippen molar-refractivity contribution >= 4 is 25.6 Å². The van der Waals surface area contributed by atoms with Crippen molar-refractivity contribution in [3.63, 3.8) is 0 Å². The second kappa shape index (κ2) is 10.4. The van der Waals surface area contributed by atoms with Gasteiger partial charge in [-0.25, -0.2) is 22.0 Å². The Balaban J connectivity index is 2.42. The van der Waals surface area contributed by atoms with Crippen molar-refractivity contribution in [1.82, 2.24) is 0 Å². The van der Waals surface area contributed by atoms with E-state index in [4.69, 9.17) is 9.88 Å². The van der Waals surface area contributed by atoms with Gasteiger partial charge in [-0.15, -0.1) is 0 Å². The molecule has 0 radical (unpaired) electrons. The molecule has 2 N–H and O–H groups in total. The first-order valence-corrected chi connectivity index (χ1v) is 13.3. The number of sulfonamides is 1. The lowest BCUT2D eigenvalue weighted by molar-refractivity contribution is -0.139. The fourth-order valence-corrected chi connectivity index (χ4v) is 5.40. The summed E-state index contributed by atoms with van der Waals surface area (Å²) in [6, 6.07) is 8.31. The molecule has 0 fully saturated rings. The number of hydrogen-bond acceptors (Lipinski definition) is 6. The van der Waals surface area contributed by atoms with Gasteiger partial charge in [-0.1, -0.05) is 24.0 Å². The number of ether oxygens (including phenoxy) is 1. The third-order valence-corrected chi connectivity index (χ3v) is 7.10. The molecule has 0 aliphatic carbocycles. The number of sulfone groups is 1. The lowest BCUT2D eigenvalue weighted by atomic mass is 9.97. The van der Waals surface area contributed by atoms with Crippen molar-refractivity contribution in [2.45, 2.75) is 43.2 Å². The number of halogens is 3. The normalized spacial score (nSPS) is 12.5. The van der Waals surface area contributed by atoms with E-state index in [2.05, 4.69) is 11.8 Å². The Labute approximate surface area is 202 Å². The van der Waals surface area contributed by atoms with E-state index in [1.165, 1.54) is 24.3 Å². The molecule has 35 heavy (non-hydrogen) atoms. The molecule has 0 unspecified atom stereocenters. The highest BCUT2D eigenvalue weighted by molar-refractivity contribution is 7.94. The molecule has 0 saturated carbocycles. The van der Waals surface area contributed by atoms with Crippen LogP contribution in [-0.4, -0.2) is 41.2 Å². The van der Waals surface area contributed by atoms with Gasteiger partial charge in [0.2, 0.25) is 10.0 Å². The molecule has 0 aromatic heterocycles. The van der Waals surface area contributed by atoms with Gasteiger partial charge in [0.05, 0.1) is 23.5 Å². The highest BCUT2D eigenvalue weighted by atomic mass is 32.2. The van der Waals surface area contributed by atoms with Gasteiger partial charge in [0, 0.05) is 11.0 Å². The van der Waals surface area contributed by atoms with Crippen LogP contribution in [0.25, 0.3) is 0 Å². The zero-order valence-corrected chi connectivity index (χ0v) is 20.8. The number of ketones is 1. The molecule has 190 valence electrons. The maximum atomic E-state index is 12.8. The predicted octanol–water partition coefficient (Wildman–Crippen LogP) is 3.72. The van der Waals surface area contributed by atoms with Gasteiger partial charge in [-0.05, 0) is 51.1 Å². The van der Waals surface area contributed by atoms with Crippen molar-refractivity contribution in [1.29, 1.82) is 0 Å². The Morgan fingerprint density at radius 3 is 2.14 bits per heavy atom. The number of Topliss-reactive ketones (excluding diaryl/α,β-unsaturated/α-hetero) is 1. The summed E-state index contributed by atoms with van der Waals surface area (Å²) < 4.78 is 92.0. The molecule has 2 aromatic rings. The number of carbonyl (C=O) groups excluding carboxylic acids is 1. The summed E-state index contributed by atoms with van der Waals surface area (Å²) in [5, 5.41) is 5.08. The molecule has 0 bridgehead atoms. The number of rotatable bonds is 8. The molecule has 12 heteroatoms. The molecular formula is C23H24F3NO6S2. The molecule has 0 spiro atoms. The van der Waals surface area contributed by atoms with Gasteiger partial charge in [-0.3, -0.25) is 4.79 Å². The van der Waals surface area contributed by atoms with Crippen LogP contribution in [0.1, 0.15) is 43.1 Å². The molecule has 0 aliphatic rings. The zero-order valence-electron chi connectivity index (χ0n) is 19.1. The molecule has 2 aromatic carbocycles. The number of alkyl halides is 3. The van der Waals surface area contributed by atoms with E-state index in [0.29, 0.717) is 0 Å². The Bertz CT molecular complexity index is 1380. The summed E-state index contributed by atoms with van der Waals surface area (Å²) in [6.07, 6.45) is -5.70. The molecule has 0 atom stereocenters. The van der Waals surface area contributed by atoms with E-state index >= 15 is 0 Å². The second-order valence-corrected chi connectivity index (χ2v) is 12.1. The van der Waals surface area contributed by atoms with Crippen LogP contribution < -0.4 is 9.88 Å². The zero-order chi connectivity index (χ0) is 26.7. The van der Waals surface area contributed by atoms with Crippen molar-refractivity contribution in [2.75, 3.05) is 12.4 Å². The Morgan fingerprint density at radius 1 is 1.00 bits per heavy atom. The number of primary sulfonamides is 1. The molecule has 2 rings (SSSR count). The van der Waals surface area contributed by atoms with Gasteiger partial charge >= 0.3 is 6.18 Å². The quantitative estimate of drug-likeness (QED) is 0.410. The Morgan fingerprint density at radius 2 is 1.60 bits per heavy atom. The largest absolute Gasteiger partial charge is 0.492 e. The van der Waals surface area contributed by atoms with Crippen LogP contribution in [0.4, 0.5) is 13.2 Å². The van der Waals surface area contributed by atoms with E-state index in [1.807, 2.05) is 20.8 Å². The van der Waals surface area contributed by atoms with Crippen LogP contribution in [-0.2, 0) is 19.9 Å². The van der Waals surface area contributed by atoms with Crippen molar-refractivity contribution in [2.24, 2.45) is 10.6 Å². The Kier molecular flexibility index (Phi) is 8.42. The van der Waals surface area contributed by atoms with E-state index in [9.17, 15) is 34.8 Å². The topological polar surface area (TPSA) is 121 Å². The first-order valence-electron chi connectivity index (χ1n) is 10.1. The van der Waals surface area contributed by atoms with Gasteiger partial charge in [0.25, 0.3) is 0 Å². The van der Waals surface area contributed by atoms with Gasteiger partial charge < -0.3 is 4.74 Å². The first kappa shape index (κ1) is 28.4. The number of benzene rings is 2. The Hall–Kier alpha value is -2.88. The third kappa shape index (κ3) is 8.69. The first-order chi connectivity index (χ1) is 15.9. The monoisotopic (exact) mass is 531 g/mol. The van der Waals surface area contributed by atoms with Crippen LogP contribution in [0.2, 0.25) is 0 Å². The minimum absolute atomic E-state index is 0.112. The second-order valence-electron chi connectivity index (χ2n) is 8.60. The number of carbonyl (C=O) groups is 1. The molecule has 7 nitrogen and oxygen atoms in total. The molecule has 0 saturated heterocycles. The van der Waals surface area contributed by atoms with Crippen LogP contribution in [0.3, 0.4) is 0 Å². The molecule has 0 aliphatic heterocycles. The minimum atomic E-state index is -4.46. The molecule has 0 heterocycles. The summed E-state index contributed by atoms with van der Waals surface area (Å²) in [4.78, 5) is 11.5. The van der Waals surface area contributed by atoms with E-state index < -0.39 is 65.8 Å². The summed E-state index contributed by atoms with van der Waals surface area (Å²) in [6.45, 7) is 4.75. The van der Waals surface area contributed by atoms with Crippen LogP contribution in [0.5, 0.6) is 5.75 Å². The number of nitrogens with two attached hydrogens (primary N) is 1.